The van der Waals surface area contributed by atoms with Crippen LogP contribution in [0.4, 0.5) is 11.9 Å². The summed E-state index contributed by atoms with van der Waals surface area (Å²) in [4.78, 5) is 17.2. The van der Waals surface area contributed by atoms with Gasteiger partial charge in [-0.25, -0.2) is 0 Å². The minimum atomic E-state index is 0.217. The summed E-state index contributed by atoms with van der Waals surface area (Å²) < 4.78 is 5.07. The van der Waals surface area contributed by atoms with Gasteiger partial charge < -0.3 is 20.3 Å². The number of rotatable bonds is 2. The number of anilines is 2. The minimum absolute atomic E-state index is 0.217. The van der Waals surface area contributed by atoms with E-state index in [2.05, 4.69) is 31.8 Å². The van der Waals surface area contributed by atoms with Crippen molar-refractivity contribution in [2.75, 3.05) is 44.4 Å². The second-order valence-electron chi connectivity index (χ2n) is 5.67. The first kappa shape index (κ1) is 13.4. The summed E-state index contributed by atoms with van der Waals surface area (Å²) in [5.41, 5.74) is 5.72. The zero-order valence-electron chi connectivity index (χ0n) is 12.1. The molecule has 7 nitrogen and oxygen atoms in total. The molecule has 0 aromatic carbocycles. The maximum Gasteiger partial charge on any atom is 0.322 e. The van der Waals surface area contributed by atoms with Gasteiger partial charge in [0.15, 0.2) is 0 Å². The van der Waals surface area contributed by atoms with E-state index in [0.717, 1.165) is 19.5 Å². The third kappa shape index (κ3) is 2.49. The molecule has 1 aromatic heterocycles. The molecular formula is C13H22N6O. The highest BCUT2D eigenvalue weighted by Gasteiger charge is 2.35. The minimum Gasteiger partial charge on any atom is -0.467 e. The van der Waals surface area contributed by atoms with Crippen LogP contribution in [-0.4, -0.2) is 59.7 Å². The van der Waals surface area contributed by atoms with Gasteiger partial charge in [-0.15, -0.1) is 0 Å². The predicted molar refractivity (Wildman–Crippen MR) is 76.8 cm³/mol. The molecule has 0 amide bonds. The number of piperidine rings is 2. The van der Waals surface area contributed by atoms with Crippen LogP contribution in [0.25, 0.3) is 0 Å². The molecule has 2 aliphatic heterocycles. The average molecular weight is 278 g/mol. The first-order chi connectivity index (χ1) is 9.67. The Hall–Kier alpha value is -1.63. The topological polar surface area (TPSA) is 80.4 Å². The van der Waals surface area contributed by atoms with Crippen LogP contribution in [0, 0.1) is 5.92 Å². The molecule has 3 rings (SSSR count). The molecule has 0 spiro atoms. The highest BCUT2D eigenvalue weighted by atomic mass is 16.5. The molecule has 2 unspecified atom stereocenters. The van der Waals surface area contributed by atoms with E-state index in [1.54, 1.807) is 7.11 Å². The molecule has 2 saturated heterocycles. The summed E-state index contributed by atoms with van der Waals surface area (Å²) in [6.45, 7) is 3.16. The zero-order valence-corrected chi connectivity index (χ0v) is 12.1. The van der Waals surface area contributed by atoms with Crippen LogP contribution in [0.1, 0.15) is 19.3 Å². The van der Waals surface area contributed by atoms with E-state index >= 15 is 0 Å². The highest BCUT2D eigenvalue weighted by molar-refractivity contribution is 5.36. The van der Waals surface area contributed by atoms with E-state index in [0.29, 0.717) is 17.9 Å². The van der Waals surface area contributed by atoms with Crippen molar-refractivity contribution in [2.24, 2.45) is 5.92 Å². The van der Waals surface area contributed by atoms with E-state index < -0.39 is 0 Å². The fraction of sp³-hybridized carbons (Fsp3) is 0.769. The quantitative estimate of drug-likeness (QED) is 0.837. The molecule has 1 aromatic rings. The number of fused-ring (bicyclic) bond motifs is 1. The number of likely N-dealkylation sites (tertiary alicyclic amines) is 1. The summed E-state index contributed by atoms with van der Waals surface area (Å²) in [6, 6.07) is 0.983. The zero-order chi connectivity index (χ0) is 14.1. The van der Waals surface area contributed by atoms with Crippen LogP contribution in [0.5, 0.6) is 6.01 Å². The summed E-state index contributed by atoms with van der Waals surface area (Å²) in [7, 11) is 3.78. The van der Waals surface area contributed by atoms with Gasteiger partial charge in [-0.05, 0) is 38.8 Å². The molecule has 2 aliphatic rings. The van der Waals surface area contributed by atoms with Crippen LogP contribution in [-0.2, 0) is 0 Å². The van der Waals surface area contributed by atoms with E-state index in [-0.39, 0.29) is 12.0 Å². The van der Waals surface area contributed by atoms with Crippen LogP contribution in [0.2, 0.25) is 0 Å². The average Bonchev–Trinajstić information content (AvgIpc) is 2.46. The number of hydrogen-bond acceptors (Lipinski definition) is 7. The number of nitrogens with two attached hydrogens (primary N) is 1. The number of ether oxygens (including phenoxy) is 1. The molecule has 7 heteroatoms. The number of methoxy groups -OCH3 is 1. The summed E-state index contributed by atoms with van der Waals surface area (Å²) >= 11 is 0. The molecule has 2 atom stereocenters. The monoisotopic (exact) mass is 278 g/mol. The third-order valence-electron chi connectivity index (χ3n) is 4.43. The SMILES string of the molecule is COc1nc(N)nc(N2CCC3C(CCCN3C)C2)n1. The van der Waals surface area contributed by atoms with E-state index in [9.17, 15) is 0 Å². The molecular weight excluding hydrogens is 256 g/mol. The van der Waals surface area contributed by atoms with Gasteiger partial charge in [-0.3, -0.25) is 0 Å². The lowest BCUT2D eigenvalue weighted by molar-refractivity contribution is 0.102. The number of nitrogens with zero attached hydrogens (tertiary/aromatic N) is 5. The molecule has 0 aliphatic carbocycles. The van der Waals surface area contributed by atoms with Gasteiger partial charge in [-0.1, -0.05) is 0 Å². The lowest BCUT2D eigenvalue weighted by atomic mass is 9.84. The van der Waals surface area contributed by atoms with E-state index in [1.165, 1.54) is 19.4 Å². The van der Waals surface area contributed by atoms with Crippen molar-refractivity contribution >= 4 is 11.9 Å². The Morgan fingerprint density at radius 1 is 1.20 bits per heavy atom. The molecule has 2 N–H and O–H groups in total. The molecule has 0 saturated carbocycles. The van der Waals surface area contributed by atoms with Gasteiger partial charge >= 0.3 is 6.01 Å². The molecule has 0 bridgehead atoms. The fourth-order valence-corrected chi connectivity index (χ4v) is 3.43. The first-order valence-electron chi connectivity index (χ1n) is 7.18. The van der Waals surface area contributed by atoms with Crippen molar-refractivity contribution < 1.29 is 4.74 Å². The van der Waals surface area contributed by atoms with Crippen LogP contribution in [0.15, 0.2) is 0 Å². The molecule has 0 radical (unpaired) electrons. The maximum absolute atomic E-state index is 5.72. The Morgan fingerprint density at radius 3 is 2.85 bits per heavy atom. The first-order valence-corrected chi connectivity index (χ1v) is 7.18. The Balaban J connectivity index is 1.77. The maximum atomic E-state index is 5.72. The second-order valence-corrected chi connectivity index (χ2v) is 5.67. The highest BCUT2D eigenvalue weighted by Crippen LogP contribution is 2.31. The second kappa shape index (κ2) is 5.40. The lowest BCUT2D eigenvalue weighted by Gasteiger charge is -2.45. The molecule has 20 heavy (non-hydrogen) atoms. The Morgan fingerprint density at radius 2 is 2.05 bits per heavy atom. The van der Waals surface area contributed by atoms with Crippen molar-refractivity contribution in [2.45, 2.75) is 25.3 Å². The van der Waals surface area contributed by atoms with E-state index in [4.69, 9.17) is 10.5 Å². The van der Waals surface area contributed by atoms with Gasteiger partial charge in [0.1, 0.15) is 0 Å². The molecule has 3 heterocycles. The summed E-state index contributed by atoms with van der Waals surface area (Å²) in [6.07, 6.45) is 3.70. The molecule has 110 valence electrons. The van der Waals surface area contributed by atoms with Crippen molar-refractivity contribution in [3.05, 3.63) is 0 Å². The smallest absolute Gasteiger partial charge is 0.322 e. The summed E-state index contributed by atoms with van der Waals surface area (Å²) in [5, 5.41) is 0. The number of hydrogen-bond donors (Lipinski definition) is 1. The van der Waals surface area contributed by atoms with Crippen LogP contribution < -0.4 is 15.4 Å². The lowest BCUT2D eigenvalue weighted by Crippen LogP contribution is -2.53. The Labute approximate surface area is 119 Å². The van der Waals surface area contributed by atoms with Crippen molar-refractivity contribution in [3.63, 3.8) is 0 Å². The fourth-order valence-electron chi connectivity index (χ4n) is 3.43. The van der Waals surface area contributed by atoms with Crippen LogP contribution >= 0.6 is 0 Å². The number of nitrogen functional groups attached to an aromatic ring is 1. The normalized spacial score (nSPS) is 27.2. The third-order valence-corrected chi connectivity index (χ3v) is 4.43. The van der Waals surface area contributed by atoms with Gasteiger partial charge in [0, 0.05) is 19.1 Å². The molecule has 2 fully saturated rings. The van der Waals surface area contributed by atoms with Gasteiger partial charge in [0.2, 0.25) is 11.9 Å². The predicted octanol–water partition coefficient (Wildman–Crippen LogP) is 0.383. The van der Waals surface area contributed by atoms with Gasteiger partial charge in [-0.2, -0.15) is 15.0 Å². The number of aromatic nitrogens is 3. The van der Waals surface area contributed by atoms with Crippen molar-refractivity contribution in [3.8, 4) is 6.01 Å². The summed E-state index contributed by atoms with van der Waals surface area (Å²) in [5.74, 6) is 1.54. The van der Waals surface area contributed by atoms with Crippen LogP contribution in [0.3, 0.4) is 0 Å². The van der Waals surface area contributed by atoms with Crippen molar-refractivity contribution in [1.29, 1.82) is 0 Å². The van der Waals surface area contributed by atoms with Gasteiger partial charge in [0.25, 0.3) is 0 Å². The standard InChI is InChI=1S/C13H22N6O/c1-18-6-3-4-9-8-19(7-5-10(9)18)12-15-11(14)16-13(17-12)20-2/h9-10H,3-8H2,1-2H3,(H2,14,15,16,17). The largest absolute Gasteiger partial charge is 0.467 e. The Bertz CT molecular complexity index is 482. The Kier molecular flexibility index (Phi) is 3.60. The van der Waals surface area contributed by atoms with E-state index in [1.807, 2.05) is 0 Å². The van der Waals surface area contributed by atoms with Gasteiger partial charge in [0.05, 0.1) is 7.11 Å². The van der Waals surface area contributed by atoms with Crippen molar-refractivity contribution in [1.82, 2.24) is 19.9 Å².